The number of imidazole rings is 1. The molecule has 2 aromatic carbocycles. The molecule has 0 unspecified atom stereocenters. The van der Waals surface area contributed by atoms with Crippen LogP contribution in [-0.2, 0) is 0 Å². The number of nitrogens with zero attached hydrogens (tertiary/aromatic N) is 3. The van der Waals surface area contributed by atoms with Crippen molar-refractivity contribution in [2.24, 2.45) is 4.99 Å². The Morgan fingerprint density at radius 3 is 2.50 bits per heavy atom. The summed E-state index contributed by atoms with van der Waals surface area (Å²) in [6, 6.07) is 24.0. The summed E-state index contributed by atoms with van der Waals surface area (Å²) < 4.78 is 7.56. The molecule has 4 aromatic rings. The second-order valence-corrected chi connectivity index (χ2v) is 5.83. The molecule has 0 N–H and O–H groups in total. The van der Waals surface area contributed by atoms with Crippen LogP contribution in [0.1, 0.15) is 12.6 Å². The molecule has 26 heavy (non-hydrogen) atoms. The molecular weight excluding hydrogens is 322 g/mol. The van der Waals surface area contributed by atoms with Crippen LogP contribution in [0.15, 0.2) is 84.0 Å². The zero-order chi connectivity index (χ0) is 17.8. The topological polar surface area (TPSA) is 38.9 Å². The quantitative estimate of drug-likeness (QED) is 0.471. The van der Waals surface area contributed by atoms with Crippen molar-refractivity contribution in [3.63, 3.8) is 0 Å². The van der Waals surface area contributed by atoms with Crippen molar-refractivity contribution in [1.29, 1.82) is 0 Å². The van der Waals surface area contributed by atoms with Gasteiger partial charge in [-0.05, 0) is 43.3 Å². The van der Waals surface area contributed by atoms with Gasteiger partial charge in [-0.15, -0.1) is 0 Å². The Hall–Kier alpha value is -3.40. The molecule has 0 spiro atoms. The molecule has 0 radical (unpaired) electrons. The number of fused-ring (bicyclic) bond motifs is 1. The average molecular weight is 341 g/mol. The highest BCUT2D eigenvalue weighted by atomic mass is 16.5. The van der Waals surface area contributed by atoms with Gasteiger partial charge in [0.25, 0.3) is 0 Å². The van der Waals surface area contributed by atoms with Gasteiger partial charge >= 0.3 is 0 Å². The first-order chi connectivity index (χ1) is 12.8. The van der Waals surface area contributed by atoms with Gasteiger partial charge in [-0.3, -0.25) is 9.39 Å². The first-order valence-corrected chi connectivity index (χ1v) is 8.64. The molecule has 0 fully saturated rings. The minimum absolute atomic E-state index is 0.658. The Morgan fingerprint density at radius 1 is 0.962 bits per heavy atom. The maximum atomic E-state index is 5.47. The lowest BCUT2D eigenvalue weighted by Crippen LogP contribution is -1.89. The molecule has 4 heteroatoms. The fraction of sp³-hybridized carbons (Fsp3) is 0.0909. The molecule has 0 atom stereocenters. The number of aromatic nitrogens is 2. The highest BCUT2D eigenvalue weighted by molar-refractivity contribution is 5.90. The lowest BCUT2D eigenvalue weighted by Gasteiger charge is -2.01. The minimum Gasteiger partial charge on any atom is -0.494 e. The highest BCUT2D eigenvalue weighted by Gasteiger charge is 2.10. The van der Waals surface area contributed by atoms with Crippen molar-refractivity contribution in [2.75, 3.05) is 6.61 Å². The van der Waals surface area contributed by atoms with E-state index in [-0.39, 0.29) is 0 Å². The van der Waals surface area contributed by atoms with Crippen LogP contribution >= 0.6 is 0 Å². The minimum atomic E-state index is 0.658. The van der Waals surface area contributed by atoms with E-state index in [9.17, 15) is 0 Å². The van der Waals surface area contributed by atoms with Gasteiger partial charge in [0.15, 0.2) is 0 Å². The van der Waals surface area contributed by atoms with Crippen LogP contribution < -0.4 is 4.74 Å². The molecule has 4 rings (SSSR count). The molecule has 2 heterocycles. The predicted octanol–water partition coefficient (Wildman–Crippen LogP) is 5.15. The number of hydrogen-bond donors (Lipinski definition) is 0. The fourth-order valence-electron chi connectivity index (χ4n) is 2.88. The SMILES string of the molecule is CCOc1ccc(N=Cc2nc(-c3ccccc3)n3ccccc23)cc1. The Labute approximate surface area is 152 Å². The molecule has 0 amide bonds. The molecule has 0 aliphatic carbocycles. The van der Waals surface area contributed by atoms with Crippen molar-refractivity contribution < 1.29 is 4.74 Å². The standard InChI is InChI=1S/C22H19N3O/c1-2-26-19-13-11-18(12-14-19)23-16-20-21-10-6-7-15-25(21)22(24-20)17-8-4-3-5-9-17/h3-16H,2H2,1H3. The van der Waals surface area contributed by atoms with E-state index in [0.29, 0.717) is 6.61 Å². The van der Waals surface area contributed by atoms with Gasteiger partial charge in [-0.25, -0.2) is 4.98 Å². The summed E-state index contributed by atoms with van der Waals surface area (Å²) in [6.07, 6.45) is 3.84. The highest BCUT2D eigenvalue weighted by Crippen LogP contribution is 2.23. The van der Waals surface area contributed by atoms with E-state index in [1.165, 1.54) is 0 Å². The summed E-state index contributed by atoms with van der Waals surface area (Å²) in [5, 5.41) is 0. The smallest absolute Gasteiger partial charge is 0.145 e. The van der Waals surface area contributed by atoms with E-state index in [1.54, 1.807) is 0 Å². The normalized spacial score (nSPS) is 11.3. The summed E-state index contributed by atoms with van der Waals surface area (Å²) in [7, 11) is 0. The Balaban J connectivity index is 1.70. The van der Waals surface area contributed by atoms with E-state index >= 15 is 0 Å². The second-order valence-electron chi connectivity index (χ2n) is 5.83. The number of aliphatic imine (C=N–C) groups is 1. The Morgan fingerprint density at radius 2 is 1.73 bits per heavy atom. The molecule has 0 saturated heterocycles. The molecule has 0 saturated carbocycles. The Bertz CT molecular complexity index is 1030. The molecule has 0 aliphatic rings. The van der Waals surface area contributed by atoms with Gasteiger partial charge in [0, 0.05) is 11.8 Å². The van der Waals surface area contributed by atoms with E-state index in [0.717, 1.165) is 34.0 Å². The Kier molecular flexibility index (Phi) is 4.48. The summed E-state index contributed by atoms with van der Waals surface area (Å²) in [5.74, 6) is 1.76. The number of ether oxygens (including phenoxy) is 1. The lowest BCUT2D eigenvalue weighted by molar-refractivity contribution is 0.340. The summed E-state index contributed by atoms with van der Waals surface area (Å²) in [5.41, 5.74) is 3.82. The van der Waals surface area contributed by atoms with Gasteiger partial charge < -0.3 is 4.74 Å². The van der Waals surface area contributed by atoms with E-state index in [1.807, 2.05) is 73.9 Å². The molecule has 0 aliphatic heterocycles. The maximum absolute atomic E-state index is 5.47. The number of rotatable bonds is 5. The van der Waals surface area contributed by atoms with Crippen LogP contribution in [0.25, 0.3) is 16.9 Å². The largest absolute Gasteiger partial charge is 0.494 e. The third-order valence-corrected chi connectivity index (χ3v) is 4.09. The van der Waals surface area contributed by atoms with Gasteiger partial charge in [0.1, 0.15) is 17.3 Å². The fourth-order valence-corrected chi connectivity index (χ4v) is 2.88. The maximum Gasteiger partial charge on any atom is 0.145 e. The van der Waals surface area contributed by atoms with Crippen molar-refractivity contribution in [3.8, 4) is 17.1 Å². The van der Waals surface area contributed by atoms with Gasteiger partial charge in [0.05, 0.1) is 24.0 Å². The van der Waals surface area contributed by atoms with Gasteiger partial charge in [0.2, 0.25) is 0 Å². The van der Waals surface area contributed by atoms with Crippen LogP contribution in [0.5, 0.6) is 5.75 Å². The first kappa shape index (κ1) is 16.1. The van der Waals surface area contributed by atoms with Crippen LogP contribution in [0, 0.1) is 0 Å². The van der Waals surface area contributed by atoms with Crippen molar-refractivity contribution in [3.05, 3.63) is 84.7 Å². The lowest BCUT2D eigenvalue weighted by atomic mass is 10.2. The van der Waals surface area contributed by atoms with Gasteiger partial charge in [-0.1, -0.05) is 36.4 Å². The first-order valence-electron chi connectivity index (χ1n) is 8.64. The predicted molar refractivity (Wildman–Crippen MR) is 105 cm³/mol. The zero-order valence-electron chi connectivity index (χ0n) is 14.5. The summed E-state index contributed by atoms with van der Waals surface area (Å²) in [6.45, 7) is 2.63. The number of hydrogen-bond acceptors (Lipinski definition) is 3. The van der Waals surface area contributed by atoms with Crippen molar-refractivity contribution in [2.45, 2.75) is 6.92 Å². The van der Waals surface area contributed by atoms with E-state index in [2.05, 4.69) is 27.6 Å². The van der Waals surface area contributed by atoms with Gasteiger partial charge in [-0.2, -0.15) is 0 Å². The third kappa shape index (κ3) is 3.22. The van der Waals surface area contributed by atoms with Crippen molar-refractivity contribution in [1.82, 2.24) is 9.38 Å². The number of benzene rings is 2. The average Bonchev–Trinajstić information content (AvgIpc) is 3.07. The van der Waals surface area contributed by atoms with Crippen LogP contribution in [0.4, 0.5) is 5.69 Å². The monoisotopic (exact) mass is 341 g/mol. The van der Waals surface area contributed by atoms with E-state index in [4.69, 9.17) is 9.72 Å². The summed E-state index contributed by atoms with van der Waals surface area (Å²) in [4.78, 5) is 9.39. The zero-order valence-corrected chi connectivity index (χ0v) is 14.5. The third-order valence-electron chi connectivity index (χ3n) is 4.09. The molecule has 0 bridgehead atoms. The second kappa shape index (κ2) is 7.23. The van der Waals surface area contributed by atoms with Crippen molar-refractivity contribution >= 4 is 17.4 Å². The van der Waals surface area contributed by atoms with Crippen LogP contribution in [0.2, 0.25) is 0 Å². The van der Waals surface area contributed by atoms with Crippen LogP contribution in [0.3, 0.4) is 0 Å². The molecule has 128 valence electrons. The molecular formula is C22H19N3O. The molecule has 4 nitrogen and oxygen atoms in total. The summed E-state index contributed by atoms with van der Waals surface area (Å²) >= 11 is 0. The van der Waals surface area contributed by atoms with E-state index < -0.39 is 0 Å². The van der Waals surface area contributed by atoms with Crippen LogP contribution in [-0.4, -0.2) is 22.2 Å². The number of pyridine rings is 1. The molecule has 2 aromatic heterocycles.